The van der Waals surface area contributed by atoms with Crippen LogP contribution in [0.5, 0.6) is 0 Å². The van der Waals surface area contributed by atoms with Crippen molar-refractivity contribution in [1.82, 2.24) is 5.32 Å². The number of ether oxygens (including phenoxy) is 1. The zero-order chi connectivity index (χ0) is 18.1. The van der Waals surface area contributed by atoms with Crippen LogP contribution >= 0.6 is 11.6 Å². The van der Waals surface area contributed by atoms with Crippen LogP contribution in [0.3, 0.4) is 0 Å². The van der Waals surface area contributed by atoms with E-state index in [1.54, 1.807) is 31.4 Å². The van der Waals surface area contributed by atoms with Crippen molar-refractivity contribution in [2.45, 2.75) is 6.61 Å². The number of anilines is 1. The number of halogens is 1. The monoisotopic (exact) mass is 360 g/mol. The van der Waals surface area contributed by atoms with Crippen molar-refractivity contribution in [3.8, 4) is 0 Å². The van der Waals surface area contributed by atoms with Crippen LogP contribution in [0.25, 0.3) is 0 Å². The standard InChI is InChI=1S/C18H21ClN4O2/c1-25-12-13-6-2-5-9-16(13)23-18(20)22-11-10-21-17(24)14-7-3-4-8-15(14)19/h2-9H,10-12H2,1H3,(H,21,24)(H3,20,22,23). The van der Waals surface area contributed by atoms with Crippen LogP contribution in [0, 0.1) is 0 Å². The molecule has 1 amide bonds. The van der Waals surface area contributed by atoms with E-state index in [0.717, 1.165) is 11.3 Å². The third-order valence-electron chi connectivity index (χ3n) is 3.38. The lowest BCUT2D eigenvalue weighted by atomic mass is 10.2. The number of carbonyl (C=O) groups excluding carboxylic acids is 1. The molecule has 132 valence electrons. The smallest absolute Gasteiger partial charge is 0.252 e. The normalized spacial score (nSPS) is 11.2. The third-order valence-corrected chi connectivity index (χ3v) is 3.71. The maximum absolute atomic E-state index is 12.0. The lowest BCUT2D eigenvalue weighted by Crippen LogP contribution is -2.28. The fraction of sp³-hybridized carbons (Fsp3) is 0.222. The van der Waals surface area contributed by atoms with Crippen molar-refractivity contribution in [3.63, 3.8) is 0 Å². The maximum Gasteiger partial charge on any atom is 0.252 e. The van der Waals surface area contributed by atoms with E-state index in [4.69, 9.17) is 22.1 Å². The number of amides is 1. The summed E-state index contributed by atoms with van der Waals surface area (Å²) >= 11 is 5.98. The molecule has 0 aliphatic heterocycles. The molecule has 0 saturated carbocycles. The second-order valence-electron chi connectivity index (χ2n) is 5.22. The van der Waals surface area contributed by atoms with Crippen LogP contribution in [0.1, 0.15) is 15.9 Å². The Balaban J connectivity index is 1.84. The predicted molar refractivity (Wildman–Crippen MR) is 101 cm³/mol. The van der Waals surface area contributed by atoms with Crippen molar-refractivity contribution in [2.75, 3.05) is 25.5 Å². The highest BCUT2D eigenvalue weighted by molar-refractivity contribution is 6.33. The van der Waals surface area contributed by atoms with E-state index in [2.05, 4.69) is 15.6 Å². The number of nitrogens with zero attached hydrogens (tertiary/aromatic N) is 1. The van der Waals surface area contributed by atoms with E-state index in [9.17, 15) is 4.79 Å². The Bertz CT molecular complexity index is 749. The minimum Gasteiger partial charge on any atom is -0.380 e. The van der Waals surface area contributed by atoms with Gasteiger partial charge < -0.3 is 21.1 Å². The molecule has 0 bridgehead atoms. The molecule has 2 aromatic rings. The highest BCUT2D eigenvalue weighted by atomic mass is 35.5. The van der Waals surface area contributed by atoms with Crippen molar-refractivity contribution in [2.24, 2.45) is 10.7 Å². The van der Waals surface area contributed by atoms with Gasteiger partial charge in [0.1, 0.15) is 0 Å². The first-order valence-electron chi connectivity index (χ1n) is 7.78. The first-order chi connectivity index (χ1) is 12.1. The summed E-state index contributed by atoms with van der Waals surface area (Å²) in [6.45, 7) is 1.18. The number of hydrogen-bond donors (Lipinski definition) is 3. The average molecular weight is 361 g/mol. The second kappa shape index (κ2) is 9.66. The number of guanidine groups is 1. The van der Waals surface area contributed by atoms with Gasteiger partial charge in [0.15, 0.2) is 5.96 Å². The van der Waals surface area contributed by atoms with Gasteiger partial charge in [-0.25, -0.2) is 0 Å². The molecular formula is C18H21ClN4O2. The van der Waals surface area contributed by atoms with E-state index >= 15 is 0 Å². The molecule has 0 unspecified atom stereocenters. The molecule has 2 rings (SSSR count). The molecule has 0 radical (unpaired) electrons. The molecule has 7 heteroatoms. The Kier molecular flexibility index (Phi) is 7.25. The fourth-order valence-electron chi connectivity index (χ4n) is 2.19. The van der Waals surface area contributed by atoms with E-state index in [1.807, 2.05) is 24.3 Å². The number of nitrogens with two attached hydrogens (primary N) is 1. The number of methoxy groups -OCH3 is 1. The van der Waals surface area contributed by atoms with Gasteiger partial charge in [0.05, 0.1) is 23.7 Å². The molecule has 4 N–H and O–H groups in total. The Morgan fingerprint density at radius 1 is 1.20 bits per heavy atom. The molecule has 0 spiro atoms. The van der Waals surface area contributed by atoms with Crippen LogP contribution in [-0.4, -0.2) is 32.1 Å². The Hall–Kier alpha value is -2.57. The summed E-state index contributed by atoms with van der Waals surface area (Å²) in [5.74, 6) is 0.0355. The molecule has 0 heterocycles. The van der Waals surface area contributed by atoms with Gasteiger partial charge in [-0.1, -0.05) is 41.9 Å². The van der Waals surface area contributed by atoms with Crippen molar-refractivity contribution in [1.29, 1.82) is 0 Å². The Morgan fingerprint density at radius 2 is 1.92 bits per heavy atom. The molecule has 25 heavy (non-hydrogen) atoms. The van der Waals surface area contributed by atoms with Gasteiger partial charge in [0.2, 0.25) is 0 Å². The summed E-state index contributed by atoms with van der Waals surface area (Å²) in [5, 5.41) is 6.21. The van der Waals surface area contributed by atoms with Gasteiger partial charge in [-0.2, -0.15) is 0 Å². The van der Waals surface area contributed by atoms with Crippen LogP contribution in [0.15, 0.2) is 53.5 Å². The molecule has 0 aromatic heterocycles. The molecule has 0 aliphatic rings. The van der Waals surface area contributed by atoms with Crippen molar-refractivity contribution < 1.29 is 9.53 Å². The minimum absolute atomic E-state index is 0.238. The largest absolute Gasteiger partial charge is 0.380 e. The van der Waals surface area contributed by atoms with Gasteiger partial charge in [0.25, 0.3) is 5.91 Å². The number of benzene rings is 2. The first kappa shape index (κ1) is 18.8. The van der Waals surface area contributed by atoms with Crippen molar-refractivity contribution >= 4 is 29.2 Å². The highest BCUT2D eigenvalue weighted by Crippen LogP contribution is 2.15. The molecule has 0 fully saturated rings. The number of para-hydroxylation sites is 1. The molecular weight excluding hydrogens is 340 g/mol. The zero-order valence-corrected chi connectivity index (χ0v) is 14.7. The summed E-state index contributed by atoms with van der Waals surface area (Å²) in [7, 11) is 1.63. The summed E-state index contributed by atoms with van der Waals surface area (Å²) in [6, 6.07) is 14.6. The summed E-state index contributed by atoms with van der Waals surface area (Å²) in [4.78, 5) is 16.2. The fourth-order valence-corrected chi connectivity index (χ4v) is 2.41. The minimum atomic E-state index is -0.238. The third kappa shape index (κ3) is 5.77. The predicted octanol–water partition coefficient (Wildman–Crippen LogP) is 2.64. The van der Waals surface area contributed by atoms with E-state index in [1.165, 1.54) is 0 Å². The summed E-state index contributed by atoms with van der Waals surface area (Å²) in [5.41, 5.74) is 8.15. The highest BCUT2D eigenvalue weighted by Gasteiger charge is 2.08. The number of aliphatic imine (C=N–C) groups is 1. The van der Waals surface area contributed by atoms with Gasteiger partial charge >= 0.3 is 0 Å². The lowest BCUT2D eigenvalue weighted by molar-refractivity contribution is 0.0955. The number of carbonyl (C=O) groups is 1. The maximum atomic E-state index is 12.0. The quantitative estimate of drug-likeness (QED) is 0.402. The van der Waals surface area contributed by atoms with Crippen molar-refractivity contribution in [3.05, 3.63) is 64.7 Å². The Morgan fingerprint density at radius 3 is 2.68 bits per heavy atom. The lowest BCUT2D eigenvalue weighted by Gasteiger charge is -2.11. The van der Waals surface area contributed by atoms with E-state index < -0.39 is 0 Å². The number of rotatable bonds is 7. The second-order valence-corrected chi connectivity index (χ2v) is 5.63. The molecule has 6 nitrogen and oxygen atoms in total. The van der Waals surface area contributed by atoms with E-state index in [-0.39, 0.29) is 11.9 Å². The average Bonchev–Trinajstić information content (AvgIpc) is 2.61. The molecule has 0 atom stereocenters. The summed E-state index contributed by atoms with van der Waals surface area (Å²) in [6.07, 6.45) is 0. The molecule has 0 saturated heterocycles. The molecule has 0 aliphatic carbocycles. The van der Waals surface area contributed by atoms with Crippen LogP contribution in [-0.2, 0) is 11.3 Å². The van der Waals surface area contributed by atoms with E-state index in [0.29, 0.717) is 30.3 Å². The van der Waals surface area contributed by atoms with Gasteiger partial charge in [-0.15, -0.1) is 0 Å². The first-order valence-corrected chi connectivity index (χ1v) is 8.16. The topological polar surface area (TPSA) is 88.7 Å². The zero-order valence-electron chi connectivity index (χ0n) is 14.0. The van der Waals surface area contributed by atoms with Crippen LogP contribution in [0.4, 0.5) is 5.69 Å². The SMILES string of the molecule is COCc1ccccc1NC(N)=NCCNC(=O)c1ccccc1Cl. The number of nitrogens with one attached hydrogen (secondary N) is 2. The number of hydrogen-bond acceptors (Lipinski definition) is 3. The van der Waals surface area contributed by atoms with Gasteiger partial charge in [-0.3, -0.25) is 9.79 Å². The molecule has 2 aromatic carbocycles. The van der Waals surface area contributed by atoms with Crippen LogP contribution in [0.2, 0.25) is 5.02 Å². The van der Waals surface area contributed by atoms with Gasteiger partial charge in [-0.05, 0) is 18.2 Å². The summed E-state index contributed by atoms with van der Waals surface area (Å²) < 4.78 is 5.15. The van der Waals surface area contributed by atoms with Gasteiger partial charge in [0, 0.05) is 24.9 Å². The van der Waals surface area contributed by atoms with Crippen LogP contribution < -0.4 is 16.4 Å². The Labute approximate surface area is 152 Å².